The third-order valence-corrected chi connectivity index (χ3v) is 24.9. The summed E-state index contributed by atoms with van der Waals surface area (Å²) in [6, 6.07) is 118. The molecular formula is C111H66N14O5. The third kappa shape index (κ3) is 11.8. The molecule has 19 nitrogen and oxygen atoms in total. The number of rotatable bonds is 5. The van der Waals surface area contributed by atoms with Crippen LogP contribution >= 0.6 is 0 Å². The van der Waals surface area contributed by atoms with E-state index in [0.29, 0.717) is 11.9 Å². The number of nitrogens with zero attached hydrogens (tertiary/aromatic N) is 14. The Kier molecular flexibility index (Phi) is 16.8. The van der Waals surface area contributed by atoms with Crippen molar-refractivity contribution >= 4 is 219 Å². The molecule has 0 saturated carbocycles. The van der Waals surface area contributed by atoms with Gasteiger partial charge >= 0.3 is 0 Å². The molecule has 0 aliphatic carbocycles. The molecule has 19 heteroatoms. The van der Waals surface area contributed by atoms with Gasteiger partial charge in [0.15, 0.2) is 0 Å². The summed E-state index contributed by atoms with van der Waals surface area (Å²) in [7, 11) is 0. The van der Waals surface area contributed by atoms with E-state index in [1.165, 1.54) is 50.6 Å². The zero-order valence-corrected chi connectivity index (χ0v) is 68.9. The Hall–Kier alpha value is -18.2. The van der Waals surface area contributed by atoms with Gasteiger partial charge < -0.3 is 26.7 Å². The van der Waals surface area contributed by atoms with Crippen molar-refractivity contribution in [2.45, 2.75) is 0 Å². The monoisotopic (exact) mass is 1670 g/mol. The number of hydrogen-bond donors (Lipinski definition) is 0. The lowest BCUT2D eigenvalue weighted by Crippen LogP contribution is -2.00. The molecule has 0 radical (unpaired) electrons. The van der Waals surface area contributed by atoms with Gasteiger partial charge in [-0.15, -0.1) is 0 Å². The molecule has 30 aromatic rings. The molecule has 0 amide bonds. The van der Waals surface area contributed by atoms with Crippen LogP contribution in [0.3, 0.4) is 0 Å². The Morgan fingerprint density at radius 3 is 0.777 bits per heavy atom. The number of pyridine rings is 2. The molecule has 0 bridgehead atoms. The summed E-state index contributed by atoms with van der Waals surface area (Å²) in [5.74, 6) is 3.06. The highest BCUT2D eigenvalue weighted by atomic mass is 16.3. The number of hydrogen-bond acceptors (Lipinski definition) is 14. The fourth-order valence-electron chi connectivity index (χ4n) is 19.3. The van der Waals surface area contributed by atoms with E-state index in [9.17, 15) is 0 Å². The van der Waals surface area contributed by atoms with Crippen LogP contribution in [0, 0.1) is 0 Å². The fraction of sp³-hybridized carbons (Fsp3) is 0. The molecule has 15 aromatic heterocycles. The van der Waals surface area contributed by atoms with Crippen molar-refractivity contribution < 1.29 is 22.1 Å². The maximum atomic E-state index is 6.11. The number of para-hydroxylation sites is 10. The van der Waals surface area contributed by atoms with E-state index >= 15 is 0 Å². The van der Waals surface area contributed by atoms with E-state index in [-0.39, 0.29) is 0 Å². The quantitative estimate of drug-likeness (QED) is 0.157. The predicted molar refractivity (Wildman–Crippen MR) is 520 cm³/mol. The zero-order valence-electron chi connectivity index (χ0n) is 68.9. The maximum absolute atomic E-state index is 6.11. The molecule has 0 aliphatic rings. The Morgan fingerprint density at radius 2 is 0.431 bits per heavy atom. The molecule has 0 aliphatic heterocycles. The summed E-state index contributed by atoms with van der Waals surface area (Å²) < 4.78 is 41.4. The Morgan fingerprint density at radius 1 is 0.154 bits per heavy atom. The molecule has 130 heavy (non-hydrogen) atoms. The Bertz CT molecular complexity index is 8430. The Labute approximate surface area is 735 Å². The van der Waals surface area contributed by atoms with Gasteiger partial charge in [0.05, 0.1) is 55.2 Å². The van der Waals surface area contributed by atoms with E-state index in [1.807, 2.05) is 158 Å². The molecule has 30 rings (SSSR count). The first-order valence-electron chi connectivity index (χ1n) is 42.7. The van der Waals surface area contributed by atoms with Crippen molar-refractivity contribution in [3.05, 3.63) is 402 Å². The van der Waals surface area contributed by atoms with Gasteiger partial charge in [-0.05, 0) is 158 Å². The lowest BCUT2D eigenvalue weighted by atomic mass is 10.1. The summed E-state index contributed by atoms with van der Waals surface area (Å²) >= 11 is 0. The highest BCUT2D eigenvalue weighted by molar-refractivity contribution is 6.23. The minimum absolute atomic E-state index is 0.610. The highest BCUT2D eigenvalue weighted by Crippen LogP contribution is 2.45. The van der Waals surface area contributed by atoms with Gasteiger partial charge in [-0.1, -0.05) is 188 Å². The van der Waals surface area contributed by atoms with Gasteiger partial charge in [-0.25, -0.2) is 39.9 Å². The molecule has 0 fully saturated rings. The predicted octanol–water partition coefficient (Wildman–Crippen LogP) is 28.0. The van der Waals surface area contributed by atoms with E-state index < -0.39 is 0 Å². The summed E-state index contributed by atoms with van der Waals surface area (Å²) in [5.41, 5.74) is 21.4. The Balaban J connectivity index is 0.0000000856. The molecular weight excluding hydrogens is 1610 g/mol. The summed E-state index contributed by atoms with van der Waals surface area (Å²) in [6.07, 6.45) is 15.5. The highest BCUT2D eigenvalue weighted by Gasteiger charge is 2.24. The van der Waals surface area contributed by atoms with Crippen LogP contribution in [-0.4, -0.2) is 67.7 Å². The van der Waals surface area contributed by atoms with Crippen LogP contribution in [0.1, 0.15) is 0 Å². The van der Waals surface area contributed by atoms with E-state index in [4.69, 9.17) is 22.1 Å². The van der Waals surface area contributed by atoms with E-state index in [2.05, 4.69) is 274 Å². The van der Waals surface area contributed by atoms with E-state index in [1.54, 1.807) is 24.9 Å². The number of furan rings is 5. The van der Waals surface area contributed by atoms with Crippen LogP contribution in [0.25, 0.3) is 248 Å². The first kappa shape index (κ1) is 73.3. The molecule has 15 heterocycles. The normalized spacial score (nSPS) is 11.8. The standard InChI is InChI=1S/2C23H14N2O.2C22H13N3O.C21H12N4O/c1-3-9-19-15(7-1)17-14-22-18(16-8-2-4-10-21(16)26-22)13-20(17)25(19)23-11-5-6-12-24-23;1-3-7-20-16(5-1)18-14-23-19(17-6-2-4-8-22(17)26-23)13-21(18)25(20)15-9-11-24-12-10-15;1-3-8-18-14(6-1)16-13-21-17(15-7-2-4-9-20(15)26-21)12-19(16)25(18)22-23-10-5-11-24-22;1-3-7-18-14(5-1)16-12-21-17(15-6-2-4-8-20(15)26-21)11-19(16)25(18)22-9-10-23-13-24-22;1-3-7-17-13(5-1)15-10-20-16(14-6-2-4-8-19(14)26-20)9-18(15)25(17)21-23-11-22-12-24-21/h2*1-14H;2*1-13H;1-12H. The van der Waals surface area contributed by atoms with Gasteiger partial charge in [0.1, 0.15) is 86.4 Å². The van der Waals surface area contributed by atoms with Crippen molar-refractivity contribution in [2.75, 3.05) is 0 Å². The number of fused-ring (bicyclic) bond motifs is 30. The largest absolute Gasteiger partial charge is 0.456 e. The van der Waals surface area contributed by atoms with Gasteiger partial charge in [0.25, 0.3) is 0 Å². The molecule has 0 atom stereocenters. The average Bonchev–Trinajstić information content (AvgIpc) is 1.59. The van der Waals surface area contributed by atoms with Crippen molar-refractivity contribution in [1.29, 1.82) is 0 Å². The van der Waals surface area contributed by atoms with Crippen LogP contribution in [0.5, 0.6) is 0 Å². The molecule has 0 saturated heterocycles. The minimum atomic E-state index is 0.610. The smallest absolute Gasteiger partial charge is 0.237 e. The van der Waals surface area contributed by atoms with Crippen molar-refractivity contribution in [2.24, 2.45) is 0 Å². The van der Waals surface area contributed by atoms with Crippen molar-refractivity contribution in [3.8, 4) is 29.2 Å². The molecule has 0 unspecified atom stereocenters. The minimum Gasteiger partial charge on any atom is -0.456 e. The second-order valence-corrected chi connectivity index (χ2v) is 32.0. The SMILES string of the molecule is c1ccc(-n2c3ccccc3c3cc4oc5ccccc5c4cc32)nc1.c1ccc2c(c1)oc1cc3c4ccccc4n(-c4ccncc4)c3cc12.c1ccc2c(c1)oc1cc3c4ccccc4n(-c4ccncn4)c3cc12.c1ccc2c(c1)oc1cc3c4ccccc4n(-c4ncncn4)c3cc12.c1cnc(-n2c3ccccc3c3cc4oc5ccccc5c4cc32)nc1. The first-order valence-corrected chi connectivity index (χ1v) is 42.7. The van der Waals surface area contributed by atoms with Gasteiger partial charge in [-0.3, -0.25) is 23.3 Å². The second kappa shape index (κ2) is 29.8. The maximum Gasteiger partial charge on any atom is 0.237 e. The molecule has 0 N–H and O–H groups in total. The van der Waals surface area contributed by atoms with Crippen LogP contribution in [-0.2, 0) is 0 Å². The topological polar surface area (TPSA) is 206 Å². The lowest BCUT2D eigenvalue weighted by Gasteiger charge is -2.07. The fourth-order valence-corrected chi connectivity index (χ4v) is 19.3. The van der Waals surface area contributed by atoms with Crippen molar-refractivity contribution in [1.82, 2.24) is 67.7 Å². The third-order valence-electron chi connectivity index (χ3n) is 24.9. The van der Waals surface area contributed by atoms with Gasteiger partial charge in [0, 0.05) is 151 Å². The number of aromatic nitrogens is 14. The summed E-state index contributed by atoms with van der Waals surface area (Å²) in [6.45, 7) is 0. The summed E-state index contributed by atoms with van der Waals surface area (Å²) in [4.78, 5) is 38.9. The number of benzene rings is 15. The van der Waals surface area contributed by atoms with Gasteiger partial charge in [0.2, 0.25) is 11.9 Å². The first-order chi connectivity index (χ1) is 64.5. The van der Waals surface area contributed by atoms with Crippen LogP contribution in [0.2, 0.25) is 0 Å². The van der Waals surface area contributed by atoms with Crippen LogP contribution in [0.15, 0.2) is 424 Å². The van der Waals surface area contributed by atoms with Gasteiger partial charge in [-0.2, -0.15) is 0 Å². The lowest BCUT2D eigenvalue weighted by molar-refractivity contribution is 0.669. The van der Waals surface area contributed by atoms with Crippen LogP contribution < -0.4 is 0 Å². The van der Waals surface area contributed by atoms with Crippen LogP contribution in [0.4, 0.5) is 0 Å². The molecule has 0 spiro atoms. The average molecular weight is 1680 g/mol. The molecule has 15 aromatic carbocycles. The van der Waals surface area contributed by atoms with E-state index in [0.717, 1.165) is 198 Å². The van der Waals surface area contributed by atoms with Crippen molar-refractivity contribution in [3.63, 3.8) is 0 Å². The second-order valence-electron chi connectivity index (χ2n) is 32.0. The zero-order chi connectivity index (χ0) is 85.4. The summed E-state index contributed by atoms with van der Waals surface area (Å²) in [5, 5.41) is 22.9. The molecule has 610 valence electrons.